The molecule has 1 nitrogen and oxygen atoms in total. The van der Waals surface area contributed by atoms with E-state index in [1.165, 1.54) is 0 Å². The van der Waals surface area contributed by atoms with Crippen LogP contribution in [-0.4, -0.2) is 28.8 Å². The van der Waals surface area contributed by atoms with Crippen molar-refractivity contribution in [2.45, 2.75) is 6.92 Å². The fourth-order valence-corrected chi connectivity index (χ4v) is 0. The van der Waals surface area contributed by atoms with Crippen LogP contribution in [0.25, 0.3) is 0 Å². The quantitative estimate of drug-likeness (QED) is 0.352. The van der Waals surface area contributed by atoms with E-state index in [4.69, 9.17) is 5.11 Å². The molecule has 0 rings (SSSR count). The van der Waals surface area contributed by atoms with Gasteiger partial charge in [0.1, 0.15) is 0 Å². The van der Waals surface area contributed by atoms with E-state index in [2.05, 4.69) is 0 Å². The van der Waals surface area contributed by atoms with Crippen molar-refractivity contribution in [3.63, 3.8) is 0 Å². The molecular formula is C2H9NaOSe. The van der Waals surface area contributed by atoms with Crippen molar-refractivity contribution in [2.24, 2.45) is 0 Å². The molecule has 0 saturated carbocycles. The first-order valence-corrected chi connectivity index (χ1v) is 1.02. The Bertz CT molecular complexity index is 13.5. The van der Waals surface area contributed by atoms with Gasteiger partial charge in [-0.15, -0.1) is 0 Å². The van der Waals surface area contributed by atoms with E-state index >= 15 is 0 Å². The Labute approximate surface area is 66.4 Å². The van der Waals surface area contributed by atoms with Crippen molar-refractivity contribution < 1.29 is 36.1 Å². The summed E-state index contributed by atoms with van der Waals surface area (Å²) in [4.78, 5) is 0. The molecule has 0 aromatic rings. The maximum atomic E-state index is 7.57. The normalized spacial score (nSPS) is 3.60. The van der Waals surface area contributed by atoms with E-state index in [0.29, 0.717) is 0 Å². The Hall–Kier alpha value is 1.48. The monoisotopic (exact) mass is 152 g/mol. The number of hydrogen-bond donors (Lipinski definition) is 1. The molecule has 0 radical (unpaired) electrons. The van der Waals surface area contributed by atoms with Crippen LogP contribution in [0.5, 0.6) is 0 Å². The van der Waals surface area contributed by atoms with E-state index in [-0.39, 0.29) is 54.7 Å². The van der Waals surface area contributed by atoms with Crippen LogP contribution >= 0.6 is 0 Å². The molecule has 0 unspecified atom stereocenters. The van der Waals surface area contributed by atoms with Gasteiger partial charge in [-0.25, -0.2) is 0 Å². The first-order valence-electron chi connectivity index (χ1n) is 1.02. The first-order chi connectivity index (χ1) is 1.41. The zero-order chi connectivity index (χ0) is 2.71. The van der Waals surface area contributed by atoms with Gasteiger partial charge in [-0.3, -0.25) is 0 Å². The summed E-state index contributed by atoms with van der Waals surface area (Å²) in [7, 11) is 0. The Morgan fingerprint density at radius 1 is 1.80 bits per heavy atom. The van der Waals surface area contributed by atoms with Crippen LogP contribution in [0.3, 0.4) is 0 Å². The van der Waals surface area contributed by atoms with Crippen LogP contribution in [0.2, 0.25) is 0 Å². The Morgan fingerprint density at radius 3 is 1.80 bits per heavy atom. The molecular weight excluding hydrogens is 142 g/mol. The number of rotatable bonds is 0. The van der Waals surface area contributed by atoms with E-state index in [1.54, 1.807) is 6.92 Å². The second-order valence-corrected chi connectivity index (χ2v) is 0.316. The molecule has 0 aliphatic carbocycles. The number of hydrogen-bond acceptors (Lipinski definition) is 1. The summed E-state index contributed by atoms with van der Waals surface area (Å²) >= 11 is 0. The Kier molecular flexibility index (Phi) is 57.5. The van der Waals surface area contributed by atoms with E-state index in [1.807, 2.05) is 0 Å². The van der Waals surface area contributed by atoms with E-state index < -0.39 is 0 Å². The van der Waals surface area contributed by atoms with Crippen molar-refractivity contribution in [1.82, 2.24) is 0 Å². The van der Waals surface area contributed by atoms with E-state index in [0.717, 1.165) is 0 Å². The second kappa shape index (κ2) is 17.9. The molecule has 0 bridgehead atoms. The van der Waals surface area contributed by atoms with Gasteiger partial charge in [0.05, 0.1) is 0 Å². The molecule has 0 fully saturated rings. The van der Waals surface area contributed by atoms with Gasteiger partial charge in [-0.05, 0) is 6.92 Å². The van der Waals surface area contributed by atoms with Crippen LogP contribution in [0.15, 0.2) is 0 Å². The number of aliphatic hydroxyl groups excluding tert-OH is 1. The summed E-state index contributed by atoms with van der Waals surface area (Å²) in [5.74, 6) is 0. The Balaban J connectivity index is -0.00000000667. The summed E-state index contributed by atoms with van der Waals surface area (Å²) in [5, 5.41) is 7.57. The molecule has 0 aliphatic rings. The standard InChI is InChI=1S/C2H6O.Na.H2Se.H/c1-2-3;;;/h3H,2H2,1H3;;1H2;/q;+1;;-1. The van der Waals surface area contributed by atoms with Crippen molar-refractivity contribution in [2.75, 3.05) is 6.61 Å². The molecule has 5 heavy (non-hydrogen) atoms. The molecule has 0 aliphatic heterocycles. The summed E-state index contributed by atoms with van der Waals surface area (Å²) in [6, 6.07) is 0. The van der Waals surface area contributed by atoms with Crippen molar-refractivity contribution >= 4 is 17.1 Å². The van der Waals surface area contributed by atoms with Crippen molar-refractivity contribution in [3.8, 4) is 0 Å². The van der Waals surface area contributed by atoms with Gasteiger partial charge in [0.15, 0.2) is 0 Å². The molecule has 0 saturated heterocycles. The molecule has 0 aromatic heterocycles. The summed E-state index contributed by atoms with van der Waals surface area (Å²) < 4.78 is 0. The third kappa shape index (κ3) is 30.3. The first kappa shape index (κ1) is 16.1. The molecule has 0 spiro atoms. The fourth-order valence-electron chi connectivity index (χ4n) is 0. The predicted molar refractivity (Wildman–Crippen MR) is 22.4 cm³/mol. The molecule has 0 amide bonds. The molecule has 0 atom stereocenters. The van der Waals surface area contributed by atoms with Crippen LogP contribution in [-0.2, 0) is 0 Å². The predicted octanol–water partition coefficient (Wildman–Crippen LogP) is -3.80. The molecule has 0 aromatic carbocycles. The van der Waals surface area contributed by atoms with Crippen LogP contribution < -0.4 is 29.6 Å². The average Bonchev–Trinajstić information content (AvgIpc) is 0.918. The maximum absolute atomic E-state index is 7.57. The van der Waals surface area contributed by atoms with Gasteiger partial charge < -0.3 is 6.53 Å². The summed E-state index contributed by atoms with van der Waals surface area (Å²) in [6.45, 7) is 1.93. The average molecular weight is 151 g/mol. The van der Waals surface area contributed by atoms with Gasteiger partial charge in [-0.2, -0.15) is 0 Å². The van der Waals surface area contributed by atoms with Gasteiger partial charge in [-0.1, -0.05) is 0 Å². The van der Waals surface area contributed by atoms with Crippen LogP contribution in [0, 0.1) is 0 Å². The van der Waals surface area contributed by atoms with Crippen molar-refractivity contribution in [3.05, 3.63) is 0 Å². The molecule has 1 N–H and O–H groups in total. The van der Waals surface area contributed by atoms with E-state index in [9.17, 15) is 0 Å². The second-order valence-electron chi connectivity index (χ2n) is 0.316. The topological polar surface area (TPSA) is 20.2 Å². The van der Waals surface area contributed by atoms with Gasteiger partial charge in [0.2, 0.25) is 0 Å². The van der Waals surface area contributed by atoms with Crippen molar-refractivity contribution in [1.29, 1.82) is 0 Å². The third-order valence-electron chi connectivity index (χ3n) is 0. The number of aliphatic hydroxyl groups is 1. The zero-order valence-electron chi connectivity index (χ0n) is 4.65. The summed E-state index contributed by atoms with van der Waals surface area (Å²) in [6.07, 6.45) is 0. The van der Waals surface area contributed by atoms with Gasteiger partial charge in [0.25, 0.3) is 0 Å². The molecule has 30 valence electrons. The van der Waals surface area contributed by atoms with Gasteiger partial charge >= 0.3 is 46.6 Å². The molecule has 0 heterocycles. The Morgan fingerprint density at radius 2 is 1.80 bits per heavy atom. The van der Waals surface area contributed by atoms with Crippen LogP contribution in [0.1, 0.15) is 8.35 Å². The minimum absolute atomic E-state index is 0. The van der Waals surface area contributed by atoms with Crippen LogP contribution in [0.4, 0.5) is 0 Å². The SMILES string of the molecule is CCO.[H-].[Na+].[SeH2]. The zero-order valence-corrected chi connectivity index (χ0v) is 7.75. The summed E-state index contributed by atoms with van der Waals surface area (Å²) in [5.41, 5.74) is 0. The minimum atomic E-state index is 0. The third-order valence-corrected chi connectivity index (χ3v) is 0. The van der Waals surface area contributed by atoms with Gasteiger partial charge in [0, 0.05) is 6.61 Å². The fraction of sp³-hybridized carbons (Fsp3) is 1.00. The molecule has 3 heteroatoms.